The predicted molar refractivity (Wildman–Crippen MR) is 42.8 cm³/mol. The van der Waals surface area contributed by atoms with E-state index in [2.05, 4.69) is 30.7 Å². The molecule has 0 nitrogen and oxygen atoms in total. The number of benzene rings is 1. The third-order valence-electron chi connectivity index (χ3n) is 2.07. The van der Waals surface area contributed by atoms with Gasteiger partial charge >= 0.3 is 29.6 Å². The Hall–Kier alpha value is 0.0900. The van der Waals surface area contributed by atoms with Crippen LogP contribution < -0.4 is 29.6 Å². The van der Waals surface area contributed by atoms with Gasteiger partial charge in [-0.3, -0.25) is 0 Å². The molecular weight excluding hydrogens is 143 g/mol. The van der Waals surface area contributed by atoms with Gasteiger partial charge in [-0.2, -0.15) is 18.1 Å². The van der Waals surface area contributed by atoms with Crippen LogP contribution in [0.15, 0.2) is 24.3 Å². The number of hydrogen-bond acceptors (Lipinski definition) is 0. The van der Waals surface area contributed by atoms with Crippen molar-refractivity contribution in [2.45, 2.75) is 19.3 Å². The molecule has 0 spiro atoms. The summed E-state index contributed by atoms with van der Waals surface area (Å²) in [6.45, 7) is 0. The van der Waals surface area contributed by atoms with Crippen molar-refractivity contribution in [1.29, 1.82) is 0 Å². The van der Waals surface area contributed by atoms with Crippen LogP contribution in [0.1, 0.15) is 24.0 Å². The average Bonchev–Trinajstić information content (AvgIpc) is 2.05. The van der Waals surface area contributed by atoms with Gasteiger partial charge < -0.3 is 0 Å². The Bertz CT molecular complexity index is 205. The Morgan fingerprint density at radius 3 is 2.82 bits per heavy atom. The van der Waals surface area contributed by atoms with Crippen LogP contribution in [0.3, 0.4) is 0 Å². The van der Waals surface area contributed by atoms with Gasteiger partial charge in [-0.1, -0.05) is 25.3 Å². The van der Waals surface area contributed by atoms with Gasteiger partial charge in [0.05, 0.1) is 0 Å². The second-order valence-corrected chi connectivity index (χ2v) is 2.80. The Balaban J connectivity index is 0.000000605. The zero-order chi connectivity index (χ0) is 6.81. The maximum absolute atomic E-state index is 2.33. The largest absolute Gasteiger partial charge is 1.00 e. The van der Waals surface area contributed by atoms with Crippen molar-refractivity contribution in [1.82, 2.24) is 0 Å². The van der Waals surface area contributed by atoms with Crippen LogP contribution in [0.5, 0.6) is 0 Å². The molecule has 0 N–H and O–H groups in total. The molecule has 0 aromatic heterocycles. The standard InChI is InChI=1S/C10H11.Na/c1-2-6-10-8-4-3-7-9(10)5-1;/h1-2,5-7H,3-4,8H2;/q-1;+1. The summed E-state index contributed by atoms with van der Waals surface area (Å²) >= 11 is 0. The molecule has 1 aliphatic rings. The smallest absolute Gasteiger partial charge is 0.189 e. The van der Waals surface area contributed by atoms with Gasteiger partial charge in [0, 0.05) is 0 Å². The van der Waals surface area contributed by atoms with Crippen LogP contribution in [0, 0.1) is 6.42 Å². The van der Waals surface area contributed by atoms with Crippen LogP contribution in [0.25, 0.3) is 0 Å². The summed E-state index contributed by atoms with van der Waals surface area (Å²) in [6, 6.07) is 8.66. The van der Waals surface area contributed by atoms with Crippen LogP contribution in [-0.2, 0) is 6.42 Å². The molecule has 0 atom stereocenters. The average molecular weight is 154 g/mol. The van der Waals surface area contributed by atoms with Crippen molar-refractivity contribution >= 4 is 0 Å². The second kappa shape index (κ2) is 4.20. The minimum Gasteiger partial charge on any atom is -0.189 e. The van der Waals surface area contributed by atoms with E-state index in [1.807, 2.05) is 0 Å². The van der Waals surface area contributed by atoms with Crippen molar-refractivity contribution in [3.63, 3.8) is 0 Å². The first-order valence-corrected chi connectivity index (χ1v) is 3.88. The maximum atomic E-state index is 2.33. The Labute approximate surface area is 90.3 Å². The molecule has 11 heavy (non-hydrogen) atoms. The maximum Gasteiger partial charge on any atom is 1.00 e. The number of rotatable bonds is 0. The van der Waals surface area contributed by atoms with Crippen molar-refractivity contribution in [2.75, 3.05) is 0 Å². The monoisotopic (exact) mass is 154 g/mol. The summed E-state index contributed by atoms with van der Waals surface area (Å²) in [5.74, 6) is 0. The first-order valence-electron chi connectivity index (χ1n) is 3.88. The Morgan fingerprint density at radius 2 is 2.00 bits per heavy atom. The minimum atomic E-state index is 0. The molecule has 0 saturated heterocycles. The van der Waals surface area contributed by atoms with Gasteiger partial charge in [0.2, 0.25) is 0 Å². The van der Waals surface area contributed by atoms with E-state index in [-0.39, 0.29) is 29.6 Å². The fourth-order valence-electron chi connectivity index (χ4n) is 1.51. The minimum absolute atomic E-state index is 0. The van der Waals surface area contributed by atoms with E-state index in [4.69, 9.17) is 0 Å². The normalized spacial score (nSPS) is 14.2. The molecule has 2 rings (SSSR count). The molecule has 1 heteroatoms. The Kier molecular flexibility index (Phi) is 3.50. The molecule has 0 amide bonds. The van der Waals surface area contributed by atoms with E-state index < -0.39 is 0 Å². The molecule has 0 saturated carbocycles. The molecule has 52 valence electrons. The summed E-state index contributed by atoms with van der Waals surface area (Å²) in [6.07, 6.45) is 6.19. The van der Waals surface area contributed by atoms with Gasteiger partial charge in [0.1, 0.15) is 0 Å². The van der Waals surface area contributed by atoms with E-state index in [1.54, 1.807) is 0 Å². The first kappa shape index (κ1) is 9.18. The summed E-state index contributed by atoms with van der Waals surface area (Å²) < 4.78 is 0. The fraction of sp³-hybridized carbons (Fsp3) is 0.300. The van der Waals surface area contributed by atoms with E-state index in [9.17, 15) is 0 Å². The van der Waals surface area contributed by atoms with Gasteiger partial charge in [0.25, 0.3) is 0 Å². The van der Waals surface area contributed by atoms with Gasteiger partial charge in [0.15, 0.2) is 0 Å². The second-order valence-electron chi connectivity index (χ2n) is 2.80. The fourth-order valence-corrected chi connectivity index (χ4v) is 1.51. The third-order valence-corrected chi connectivity index (χ3v) is 2.07. The van der Waals surface area contributed by atoms with Gasteiger partial charge in [-0.05, 0) is 0 Å². The first-order chi connectivity index (χ1) is 4.97. The molecular formula is C10H11Na. The van der Waals surface area contributed by atoms with Gasteiger partial charge in [-0.15, -0.1) is 17.7 Å². The van der Waals surface area contributed by atoms with Crippen LogP contribution >= 0.6 is 0 Å². The zero-order valence-corrected chi connectivity index (χ0v) is 9.01. The van der Waals surface area contributed by atoms with Crippen LogP contribution in [0.2, 0.25) is 0 Å². The third kappa shape index (κ3) is 2.02. The van der Waals surface area contributed by atoms with E-state index in [0.717, 1.165) is 0 Å². The van der Waals surface area contributed by atoms with E-state index >= 15 is 0 Å². The number of fused-ring (bicyclic) bond motifs is 1. The molecule has 0 radical (unpaired) electrons. The molecule has 0 heterocycles. The van der Waals surface area contributed by atoms with Crippen molar-refractivity contribution in [2.24, 2.45) is 0 Å². The number of hydrogen-bond donors (Lipinski definition) is 0. The summed E-state index contributed by atoms with van der Waals surface area (Å²) in [5.41, 5.74) is 2.97. The topological polar surface area (TPSA) is 0 Å². The van der Waals surface area contributed by atoms with E-state index in [1.165, 1.54) is 30.4 Å². The predicted octanol–water partition coefficient (Wildman–Crippen LogP) is -0.421. The molecule has 0 unspecified atom stereocenters. The molecule has 0 bridgehead atoms. The summed E-state index contributed by atoms with van der Waals surface area (Å²) in [7, 11) is 0. The van der Waals surface area contributed by atoms with Crippen molar-refractivity contribution < 1.29 is 29.6 Å². The van der Waals surface area contributed by atoms with Crippen molar-refractivity contribution in [3.05, 3.63) is 41.8 Å². The zero-order valence-electron chi connectivity index (χ0n) is 7.01. The Morgan fingerprint density at radius 1 is 1.18 bits per heavy atom. The van der Waals surface area contributed by atoms with Crippen molar-refractivity contribution in [3.8, 4) is 0 Å². The van der Waals surface area contributed by atoms with Gasteiger partial charge in [-0.25, -0.2) is 0 Å². The van der Waals surface area contributed by atoms with Crippen LogP contribution in [-0.4, -0.2) is 0 Å². The summed E-state index contributed by atoms with van der Waals surface area (Å²) in [5, 5.41) is 0. The molecule has 0 fully saturated rings. The number of aryl methyl sites for hydroxylation is 1. The summed E-state index contributed by atoms with van der Waals surface area (Å²) in [4.78, 5) is 0. The molecule has 1 aromatic rings. The molecule has 1 aromatic carbocycles. The molecule has 0 aliphatic heterocycles. The SMILES string of the molecule is [Na+].c1ccc2c(c1)[CH-]CCC2. The van der Waals surface area contributed by atoms with Crippen LogP contribution in [0.4, 0.5) is 0 Å². The quantitative estimate of drug-likeness (QED) is 0.352. The van der Waals surface area contributed by atoms with E-state index in [0.29, 0.717) is 0 Å². The molecule has 1 aliphatic carbocycles.